The van der Waals surface area contributed by atoms with Crippen LogP contribution in [-0.2, 0) is 13.6 Å². The molecule has 0 bridgehead atoms. The highest BCUT2D eigenvalue weighted by molar-refractivity contribution is 5.79. The summed E-state index contributed by atoms with van der Waals surface area (Å²) in [7, 11) is 1.98. The highest BCUT2D eigenvalue weighted by Crippen LogP contribution is 2.16. The minimum Gasteiger partial charge on any atom is -0.356 e. The molecule has 1 aromatic carbocycles. The number of hydrogen-bond acceptors (Lipinski definition) is 4. The largest absolute Gasteiger partial charge is 0.356 e. The second-order valence-corrected chi connectivity index (χ2v) is 7.89. The summed E-state index contributed by atoms with van der Waals surface area (Å²) in [5.74, 6) is 3.02. The number of nitrogens with one attached hydrogen (secondary N) is 2. The minimum absolute atomic E-state index is 0.402. The minimum atomic E-state index is 0.402. The molecule has 2 atom stereocenters. The summed E-state index contributed by atoms with van der Waals surface area (Å²) in [6.45, 7) is 11.0. The van der Waals surface area contributed by atoms with E-state index in [-0.39, 0.29) is 0 Å². The van der Waals surface area contributed by atoms with Crippen LogP contribution in [0.15, 0.2) is 35.3 Å². The summed E-state index contributed by atoms with van der Waals surface area (Å²) in [5.41, 5.74) is 1.33. The SMILES string of the molecule is CCN1CCCC1CNC(=NCc1nnc(C)n1C)NCC(C)c1ccccc1. The number of likely N-dealkylation sites (N-methyl/N-ethyl adjacent to an activating group) is 1. The van der Waals surface area contributed by atoms with Crippen molar-refractivity contribution in [2.24, 2.45) is 12.0 Å². The molecule has 0 radical (unpaired) electrons. The Bertz CT molecular complexity index is 784. The Kier molecular flexibility index (Phi) is 7.63. The van der Waals surface area contributed by atoms with Gasteiger partial charge in [-0.25, -0.2) is 4.99 Å². The molecule has 0 amide bonds. The predicted molar refractivity (Wildman–Crippen MR) is 118 cm³/mol. The van der Waals surface area contributed by atoms with Crippen molar-refractivity contribution >= 4 is 5.96 Å². The summed E-state index contributed by atoms with van der Waals surface area (Å²) in [4.78, 5) is 7.34. The Morgan fingerprint density at radius 1 is 1.24 bits per heavy atom. The lowest BCUT2D eigenvalue weighted by molar-refractivity contribution is 0.267. The highest BCUT2D eigenvalue weighted by Gasteiger charge is 2.23. The Morgan fingerprint density at radius 2 is 2.03 bits per heavy atom. The first kappa shape index (κ1) is 21.3. The van der Waals surface area contributed by atoms with Gasteiger partial charge in [0.25, 0.3) is 0 Å². The molecule has 3 rings (SSSR count). The fourth-order valence-corrected chi connectivity index (χ4v) is 3.82. The Balaban J connectivity index is 1.63. The quantitative estimate of drug-likeness (QED) is 0.529. The van der Waals surface area contributed by atoms with Gasteiger partial charge in [0.15, 0.2) is 11.8 Å². The molecule has 29 heavy (non-hydrogen) atoms. The molecule has 2 aromatic rings. The first-order valence-corrected chi connectivity index (χ1v) is 10.7. The number of likely N-dealkylation sites (tertiary alicyclic amines) is 1. The molecule has 7 heteroatoms. The van der Waals surface area contributed by atoms with E-state index in [0.717, 1.165) is 37.2 Å². The first-order chi connectivity index (χ1) is 14.1. The Hall–Kier alpha value is -2.41. The van der Waals surface area contributed by atoms with E-state index in [4.69, 9.17) is 4.99 Å². The number of nitrogens with zero attached hydrogens (tertiary/aromatic N) is 5. The van der Waals surface area contributed by atoms with Crippen molar-refractivity contribution in [3.05, 3.63) is 47.5 Å². The Morgan fingerprint density at radius 3 is 2.72 bits per heavy atom. The highest BCUT2D eigenvalue weighted by atomic mass is 15.3. The molecule has 0 aliphatic carbocycles. The number of rotatable bonds is 8. The van der Waals surface area contributed by atoms with Crippen LogP contribution >= 0.6 is 0 Å². The Labute approximate surface area is 174 Å². The average molecular weight is 398 g/mol. The maximum Gasteiger partial charge on any atom is 0.191 e. The van der Waals surface area contributed by atoms with Gasteiger partial charge in [-0.15, -0.1) is 10.2 Å². The van der Waals surface area contributed by atoms with Gasteiger partial charge in [0.05, 0.1) is 0 Å². The van der Waals surface area contributed by atoms with Crippen molar-refractivity contribution in [3.63, 3.8) is 0 Å². The van der Waals surface area contributed by atoms with Crippen molar-refractivity contribution < 1.29 is 0 Å². The number of aliphatic imine (C=N–C) groups is 1. The smallest absolute Gasteiger partial charge is 0.191 e. The van der Waals surface area contributed by atoms with Crippen molar-refractivity contribution in [2.45, 2.75) is 52.1 Å². The number of guanidine groups is 1. The van der Waals surface area contributed by atoms with Crippen LogP contribution in [0.4, 0.5) is 0 Å². The molecular formula is C22H35N7. The van der Waals surface area contributed by atoms with Gasteiger partial charge in [0.2, 0.25) is 0 Å². The topological polar surface area (TPSA) is 70.4 Å². The molecule has 0 spiro atoms. The number of aryl methyl sites for hydroxylation is 1. The summed E-state index contributed by atoms with van der Waals surface area (Å²) in [6, 6.07) is 11.2. The zero-order valence-corrected chi connectivity index (χ0v) is 18.2. The fraction of sp³-hybridized carbons (Fsp3) is 0.591. The number of hydrogen-bond donors (Lipinski definition) is 2. The van der Waals surface area contributed by atoms with Crippen molar-refractivity contribution in [3.8, 4) is 0 Å². The summed E-state index contributed by atoms with van der Waals surface area (Å²) in [5, 5.41) is 15.5. The van der Waals surface area contributed by atoms with Gasteiger partial charge in [-0.2, -0.15) is 0 Å². The van der Waals surface area contributed by atoms with Gasteiger partial charge in [-0.3, -0.25) is 4.90 Å². The first-order valence-electron chi connectivity index (χ1n) is 10.7. The van der Waals surface area contributed by atoms with E-state index < -0.39 is 0 Å². The number of aromatic nitrogens is 3. The second kappa shape index (κ2) is 10.4. The average Bonchev–Trinajstić information content (AvgIpc) is 3.34. The normalized spacial score (nSPS) is 18.8. The van der Waals surface area contributed by atoms with Crippen molar-refractivity contribution in [2.75, 3.05) is 26.2 Å². The van der Waals surface area contributed by atoms with Crippen LogP contribution in [0, 0.1) is 6.92 Å². The van der Waals surface area contributed by atoms with Crippen molar-refractivity contribution in [1.82, 2.24) is 30.3 Å². The van der Waals surface area contributed by atoms with Gasteiger partial charge in [-0.1, -0.05) is 44.2 Å². The monoisotopic (exact) mass is 397 g/mol. The molecule has 158 valence electrons. The zero-order valence-electron chi connectivity index (χ0n) is 18.2. The van der Waals surface area contributed by atoms with E-state index in [9.17, 15) is 0 Å². The molecule has 7 nitrogen and oxygen atoms in total. The lowest BCUT2D eigenvalue weighted by Gasteiger charge is -2.24. The van der Waals surface area contributed by atoms with Crippen molar-refractivity contribution in [1.29, 1.82) is 0 Å². The van der Waals surface area contributed by atoms with E-state index in [1.54, 1.807) is 0 Å². The maximum absolute atomic E-state index is 4.80. The number of benzene rings is 1. The summed E-state index contributed by atoms with van der Waals surface area (Å²) >= 11 is 0. The standard InChI is InChI=1S/C22H35N7/c1-5-29-13-9-12-20(29)15-24-22(25-16-21-27-26-18(3)28(21)4)23-14-17(2)19-10-7-6-8-11-19/h6-8,10-11,17,20H,5,9,12-16H2,1-4H3,(H2,23,24,25). The lowest BCUT2D eigenvalue weighted by atomic mass is 10.0. The third kappa shape index (κ3) is 5.79. The van der Waals surface area contributed by atoms with Gasteiger partial charge < -0.3 is 15.2 Å². The maximum atomic E-state index is 4.80. The van der Waals surface area contributed by atoms with Crippen LogP contribution in [0.5, 0.6) is 0 Å². The molecule has 2 heterocycles. The molecular weight excluding hydrogens is 362 g/mol. The fourth-order valence-electron chi connectivity index (χ4n) is 3.82. The van der Waals surface area contributed by atoms with Crippen LogP contribution in [0.1, 0.15) is 49.8 Å². The van der Waals surface area contributed by atoms with E-state index in [0.29, 0.717) is 18.5 Å². The summed E-state index contributed by atoms with van der Waals surface area (Å²) < 4.78 is 1.99. The molecule has 2 unspecified atom stereocenters. The van der Waals surface area contributed by atoms with E-state index in [2.05, 4.69) is 69.9 Å². The third-order valence-corrected chi connectivity index (χ3v) is 5.92. The second-order valence-electron chi connectivity index (χ2n) is 7.89. The zero-order chi connectivity index (χ0) is 20.6. The molecule has 1 aliphatic rings. The van der Waals surface area contributed by atoms with E-state index in [1.807, 2.05) is 18.5 Å². The summed E-state index contributed by atoms with van der Waals surface area (Å²) in [6.07, 6.45) is 2.53. The van der Waals surface area contributed by atoms with Gasteiger partial charge >= 0.3 is 0 Å². The van der Waals surface area contributed by atoms with E-state index >= 15 is 0 Å². The van der Waals surface area contributed by atoms with Crippen LogP contribution in [0.2, 0.25) is 0 Å². The van der Waals surface area contributed by atoms with Crippen LogP contribution in [-0.4, -0.2) is 57.8 Å². The lowest BCUT2D eigenvalue weighted by Crippen LogP contribution is -2.45. The van der Waals surface area contributed by atoms with Crippen LogP contribution < -0.4 is 10.6 Å². The van der Waals surface area contributed by atoms with Gasteiger partial charge in [-0.05, 0) is 44.3 Å². The molecule has 1 saturated heterocycles. The third-order valence-electron chi connectivity index (χ3n) is 5.92. The molecule has 1 fully saturated rings. The molecule has 1 aliphatic heterocycles. The molecule has 1 aromatic heterocycles. The van der Waals surface area contributed by atoms with Crippen LogP contribution in [0.3, 0.4) is 0 Å². The van der Waals surface area contributed by atoms with Gasteiger partial charge in [0.1, 0.15) is 12.4 Å². The van der Waals surface area contributed by atoms with Gasteiger partial charge in [0, 0.05) is 26.2 Å². The molecule has 2 N–H and O–H groups in total. The molecule has 0 saturated carbocycles. The van der Waals surface area contributed by atoms with E-state index in [1.165, 1.54) is 24.9 Å². The predicted octanol–water partition coefficient (Wildman–Crippen LogP) is 2.45. The van der Waals surface area contributed by atoms with Crippen LogP contribution in [0.25, 0.3) is 0 Å².